The molecular formula is C21H24ClNO3. The summed E-state index contributed by atoms with van der Waals surface area (Å²) in [6.45, 7) is 4.61. The molecule has 0 bridgehead atoms. The first-order valence-electron chi connectivity index (χ1n) is 8.81. The average Bonchev–Trinajstić information content (AvgIpc) is 2.66. The zero-order valence-electron chi connectivity index (χ0n) is 15.1. The molecule has 26 heavy (non-hydrogen) atoms. The van der Waals surface area contributed by atoms with E-state index >= 15 is 0 Å². The maximum atomic E-state index is 12.3. The summed E-state index contributed by atoms with van der Waals surface area (Å²) in [6.07, 6.45) is 1.34. The number of ether oxygens (including phenoxy) is 1. The summed E-state index contributed by atoms with van der Waals surface area (Å²) in [5, 5.41) is 3.56. The van der Waals surface area contributed by atoms with Crippen LogP contribution < -0.4 is 5.32 Å². The molecule has 0 fully saturated rings. The molecule has 0 aliphatic carbocycles. The summed E-state index contributed by atoms with van der Waals surface area (Å²) < 4.78 is 5.10. The Morgan fingerprint density at radius 3 is 2.19 bits per heavy atom. The molecule has 138 valence electrons. The van der Waals surface area contributed by atoms with Crippen LogP contribution in [0, 0.1) is 5.92 Å². The molecule has 2 aromatic carbocycles. The van der Waals surface area contributed by atoms with Crippen LogP contribution in [0.25, 0.3) is 0 Å². The summed E-state index contributed by atoms with van der Waals surface area (Å²) in [5.41, 5.74) is 2.59. The van der Waals surface area contributed by atoms with Crippen molar-refractivity contribution >= 4 is 23.5 Å². The molecule has 2 aromatic rings. The Morgan fingerprint density at radius 2 is 1.62 bits per heavy atom. The highest BCUT2D eigenvalue weighted by Gasteiger charge is 2.18. The number of halogens is 1. The van der Waals surface area contributed by atoms with E-state index in [1.165, 1.54) is 0 Å². The molecule has 5 heteroatoms. The van der Waals surface area contributed by atoms with Gasteiger partial charge in [-0.05, 0) is 55.2 Å². The minimum absolute atomic E-state index is 0.135. The van der Waals surface area contributed by atoms with Gasteiger partial charge in [0.25, 0.3) is 5.91 Å². The molecule has 0 saturated heterocycles. The predicted octanol–water partition coefficient (Wildman–Crippen LogP) is 4.40. The number of esters is 1. The molecule has 1 unspecified atom stereocenters. The van der Waals surface area contributed by atoms with Crippen LogP contribution in [0.2, 0.25) is 5.02 Å². The van der Waals surface area contributed by atoms with E-state index in [1.54, 1.807) is 24.3 Å². The van der Waals surface area contributed by atoms with E-state index in [-0.39, 0.29) is 17.8 Å². The van der Waals surface area contributed by atoms with Crippen molar-refractivity contribution in [3.05, 3.63) is 70.2 Å². The van der Waals surface area contributed by atoms with Crippen molar-refractivity contribution in [2.75, 3.05) is 6.61 Å². The Bertz CT molecular complexity index is 726. The molecule has 2 rings (SSSR count). The minimum atomic E-state index is -0.167. The standard InChI is InChI=1S/C21H24ClNO3/c1-3-17(21(25)26-4-2)13-15-5-9-18(10-6-15)20(24)23-14-16-7-11-19(22)12-8-16/h5-12,17H,3-4,13-14H2,1-2H3,(H,23,24). The van der Waals surface area contributed by atoms with Gasteiger partial charge in [-0.2, -0.15) is 0 Å². The molecular weight excluding hydrogens is 350 g/mol. The third-order valence-electron chi connectivity index (χ3n) is 4.18. The normalized spacial score (nSPS) is 11.7. The first kappa shape index (κ1) is 20.0. The summed E-state index contributed by atoms with van der Waals surface area (Å²) in [6, 6.07) is 14.7. The number of benzene rings is 2. The van der Waals surface area contributed by atoms with Crippen LogP contribution in [0.1, 0.15) is 41.8 Å². The second-order valence-corrected chi connectivity index (χ2v) is 6.50. The lowest BCUT2D eigenvalue weighted by molar-refractivity contribution is -0.148. The van der Waals surface area contributed by atoms with E-state index in [0.29, 0.717) is 30.2 Å². The first-order chi connectivity index (χ1) is 12.5. The molecule has 0 heterocycles. The smallest absolute Gasteiger partial charge is 0.309 e. The van der Waals surface area contributed by atoms with Gasteiger partial charge in [0.1, 0.15) is 0 Å². The maximum absolute atomic E-state index is 12.3. The van der Waals surface area contributed by atoms with E-state index in [4.69, 9.17) is 16.3 Å². The Balaban J connectivity index is 1.92. The van der Waals surface area contributed by atoms with Crippen molar-refractivity contribution in [2.24, 2.45) is 5.92 Å². The van der Waals surface area contributed by atoms with Crippen molar-refractivity contribution in [3.63, 3.8) is 0 Å². The maximum Gasteiger partial charge on any atom is 0.309 e. The highest BCUT2D eigenvalue weighted by Crippen LogP contribution is 2.15. The van der Waals surface area contributed by atoms with Crippen LogP contribution in [0.4, 0.5) is 0 Å². The van der Waals surface area contributed by atoms with E-state index < -0.39 is 0 Å². The number of amides is 1. The molecule has 1 amide bonds. The van der Waals surface area contributed by atoms with Crippen LogP contribution in [0.5, 0.6) is 0 Å². The average molecular weight is 374 g/mol. The quantitative estimate of drug-likeness (QED) is 0.697. The van der Waals surface area contributed by atoms with Crippen molar-refractivity contribution in [3.8, 4) is 0 Å². The second kappa shape index (κ2) is 9.97. The molecule has 0 aromatic heterocycles. The lowest BCUT2D eigenvalue weighted by Crippen LogP contribution is -2.23. The van der Waals surface area contributed by atoms with Gasteiger partial charge < -0.3 is 10.1 Å². The van der Waals surface area contributed by atoms with Gasteiger partial charge in [0.05, 0.1) is 12.5 Å². The van der Waals surface area contributed by atoms with Crippen LogP contribution in [0.3, 0.4) is 0 Å². The summed E-state index contributed by atoms with van der Waals surface area (Å²) in [7, 11) is 0. The lowest BCUT2D eigenvalue weighted by atomic mass is 9.96. The molecule has 1 N–H and O–H groups in total. The van der Waals surface area contributed by atoms with Crippen LogP contribution in [-0.2, 0) is 22.5 Å². The Morgan fingerprint density at radius 1 is 1.00 bits per heavy atom. The Hall–Kier alpha value is -2.33. The van der Waals surface area contributed by atoms with E-state index in [2.05, 4.69) is 5.32 Å². The third kappa shape index (κ3) is 5.88. The molecule has 1 atom stereocenters. The number of nitrogens with one attached hydrogen (secondary N) is 1. The molecule has 0 aliphatic rings. The Labute approximate surface area is 159 Å². The molecule has 0 spiro atoms. The molecule has 0 saturated carbocycles. The van der Waals surface area contributed by atoms with E-state index in [9.17, 15) is 9.59 Å². The summed E-state index contributed by atoms with van der Waals surface area (Å²) >= 11 is 5.85. The van der Waals surface area contributed by atoms with Gasteiger partial charge in [-0.15, -0.1) is 0 Å². The number of hydrogen-bond acceptors (Lipinski definition) is 3. The molecule has 0 radical (unpaired) electrons. The van der Waals surface area contributed by atoms with Crippen molar-refractivity contribution < 1.29 is 14.3 Å². The van der Waals surface area contributed by atoms with Gasteiger partial charge >= 0.3 is 5.97 Å². The number of carbonyl (C=O) groups is 2. The van der Waals surface area contributed by atoms with Gasteiger partial charge in [0, 0.05) is 17.1 Å². The topological polar surface area (TPSA) is 55.4 Å². The van der Waals surface area contributed by atoms with Crippen molar-refractivity contribution in [1.29, 1.82) is 0 Å². The SMILES string of the molecule is CCOC(=O)C(CC)Cc1ccc(C(=O)NCc2ccc(Cl)cc2)cc1. The number of carbonyl (C=O) groups excluding carboxylic acids is 2. The highest BCUT2D eigenvalue weighted by molar-refractivity contribution is 6.30. The molecule has 4 nitrogen and oxygen atoms in total. The summed E-state index contributed by atoms with van der Waals surface area (Å²) in [5.74, 6) is -0.455. The Kier molecular flexibility index (Phi) is 7.67. The van der Waals surface area contributed by atoms with Crippen LogP contribution in [-0.4, -0.2) is 18.5 Å². The van der Waals surface area contributed by atoms with E-state index in [1.807, 2.05) is 38.1 Å². The van der Waals surface area contributed by atoms with E-state index in [0.717, 1.165) is 17.5 Å². The van der Waals surface area contributed by atoms with Crippen LogP contribution in [0.15, 0.2) is 48.5 Å². The summed E-state index contributed by atoms with van der Waals surface area (Å²) in [4.78, 5) is 24.2. The molecule has 0 aliphatic heterocycles. The predicted molar refractivity (Wildman–Crippen MR) is 103 cm³/mol. The third-order valence-corrected chi connectivity index (χ3v) is 4.43. The van der Waals surface area contributed by atoms with Crippen molar-refractivity contribution in [2.45, 2.75) is 33.2 Å². The zero-order chi connectivity index (χ0) is 18.9. The van der Waals surface area contributed by atoms with Gasteiger partial charge in [0.15, 0.2) is 0 Å². The van der Waals surface area contributed by atoms with Crippen LogP contribution >= 0.6 is 11.6 Å². The monoisotopic (exact) mass is 373 g/mol. The van der Waals surface area contributed by atoms with Gasteiger partial charge in [-0.3, -0.25) is 9.59 Å². The fourth-order valence-electron chi connectivity index (χ4n) is 2.62. The minimum Gasteiger partial charge on any atom is -0.466 e. The first-order valence-corrected chi connectivity index (χ1v) is 9.19. The second-order valence-electron chi connectivity index (χ2n) is 6.07. The van der Waals surface area contributed by atoms with Gasteiger partial charge in [-0.25, -0.2) is 0 Å². The van der Waals surface area contributed by atoms with Crippen molar-refractivity contribution in [1.82, 2.24) is 5.32 Å². The fraction of sp³-hybridized carbons (Fsp3) is 0.333. The lowest BCUT2D eigenvalue weighted by Gasteiger charge is -2.13. The number of hydrogen-bond donors (Lipinski definition) is 1. The van der Waals surface area contributed by atoms with Gasteiger partial charge in [0.2, 0.25) is 0 Å². The van der Waals surface area contributed by atoms with Gasteiger partial charge in [-0.1, -0.05) is 42.8 Å². The number of rotatable bonds is 8. The zero-order valence-corrected chi connectivity index (χ0v) is 15.9. The fourth-order valence-corrected chi connectivity index (χ4v) is 2.74. The largest absolute Gasteiger partial charge is 0.466 e. The highest BCUT2D eigenvalue weighted by atomic mass is 35.5.